The summed E-state index contributed by atoms with van der Waals surface area (Å²) in [7, 11) is 0. The van der Waals surface area contributed by atoms with Gasteiger partial charge in [0.15, 0.2) is 0 Å². The van der Waals surface area contributed by atoms with E-state index in [9.17, 15) is 8.78 Å². The number of fused-ring (bicyclic) bond motifs is 1. The highest BCUT2D eigenvalue weighted by Gasteiger charge is 2.47. The van der Waals surface area contributed by atoms with E-state index in [1.165, 1.54) is 6.42 Å². The Morgan fingerprint density at radius 1 is 1.47 bits per heavy atom. The molecule has 0 N–H and O–H groups in total. The minimum Gasteiger partial charge on any atom is -0.293 e. The minimum atomic E-state index is -1.44. The largest absolute Gasteiger partial charge is 0.293 e. The second-order valence-corrected chi connectivity index (χ2v) is 5.39. The number of rotatable bonds is 2. The summed E-state index contributed by atoms with van der Waals surface area (Å²) in [5, 5.41) is 0. The van der Waals surface area contributed by atoms with Crippen LogP contribution in [0.3, 0.4) is 0 Å². The van der Waals surface area contributed by atoms with Crippen LogP contribution in [0.5, 0.6) is 0 Å². The average Bonchev–Trinajstić information content (AvgIpc) is 2.57. The summed E-state index contributed by atoms with van der Waals surface area (Å²) in [4.78, 5) is 2.28. The molecule has 1 atom stereocenters. The van der Waals surface area contributed by atoms with Gasteiger partial charge in [-0.3, -0.25) is 4.90 Å². The Kier molecular flexibility index (Phi) is 2.84. The van der Waals surface area contributed by atoms with Crippen molar-refractivity contribution in [1.29, 1.82) is 0 Å². The van der Waals surface area contributed by atoms with Crippen LogP contribution in [0.4, 0.5) is 8.78 Å². The lowest BCUT2D eigenvalue weighted by atomic mass is 9.84. The maximum Gasteiger partial charge on any atom is 0.270 e. The summed E-state index contributed by atoms with van der Waals surface area (Å²) in [6, 6.07) is 0. The van der Waals surface area contributed by atoms with Gasteiger partial charge in [-0.1, -0.05) is 13.8 Å². The van der Waals surface area contributed by atoms with Crippen LogP contribution in [0.1, 0.15) is 39.5 Å². The molecule has 0 spiro atoms. The highest BCUT2D eigenvalue weighted by molar-refractivity contribution is 5.21. The fraction of sp³-hybridized carbons (Fsp3) is 0.833. The quantitative estimate of drug-likeness (QED) is 0.682. The van der Waals surface area contributed by atoms with Crippen molar-refractivity contribution in [3.63, 3.8) is 0 Å². The Morgan fingerprint density at radius 3 is 2.80 bits per heavy atom. The number of hydrogen-bond donors (Lipinski definition) is 0. The lowest BCUT2D eigenvalue weighted by molar-refractivity contribution is 0.163. The fourth-order valence-electron chi connectivity index (χ4n) is 3.31. The molecule has 15 heavy (non-hydrogen) atoms. The summed E-state index contributed by atoms with van der Waals surface area (Å²) < 4.78 is 25.2. The zero-order valence-corrected chi connectivity index (χ0v) is 9.52. The molecule has 1 unspecified atom stereocenters. The van der Waals surface area contributed by atoms with Crippen LogP contribution in [-0.4, -0.2) is 23.5 Å². The summed E-state index contributed by atoms with van der Waals surface area (Å²) in [5.74, 6) is 0.590. The van der Waals surface area contributed by atoms with Crippen LogP contribution in [0.2, 0.25) is 0 Å². The van der Waals surface area contributed by atoms with Gasteiger partial charge in [-0.25, -0.2) is 0 Å². The third-order valence-electron chi connectivity index (χ3n) is 3.72. The van der Waals surface area contributed by atoms with Crippen LogP contribution < -0.4 is 0 Å². The molecule has 2 saturated heterocycles. The minimum absolute atomic E-state index is 0.0763. The smallest absolute Gasteiger partial charge is 0.270 e. The molecule has 2 aliphatic rings. The first-order valence-corrected chi connectivity index (χ1v) is 5.81. The maximum absolute atomic E-state index is 12.6. The Labute approximate surface area is 90.1 Å². The van der Waals surface area contributed by atoms with Crippen LogP contribution in [0.25, 0.3) is 0 Å². The molecule has 0 aliphatic carbocycles. The second kappa shape index (κ2) is 3.85. The standard InChI is InChI=1S/C12H19F2N/c1-9(2)6-12-4-3-5-15(12)8-10(7-12)11(13)14/h9H,3-8H2,1-2H3. The molecule has 0 aromatic rings. The molecule has 3 heteroatoms. The first-order valence-electron chi connectivity index (χ1n) is 5.81. The topological polar surface area (TPSA) is 3.24 Å². The maximum atomic E-state index is 12.6. The van der Waals surface area contributed by atoms with Crippen molar-refractivity contribution in [2.45, 2.75) is 45.1 Å². The van der Waals surface area contributed by atoms with E-state index in [2.05, 4.69) is 18.7 Å². The molecule has 0 aromatic heterocycles. The van der Waals surface area contributed by atoms with Gasteiger partial charge in [-0.05, 0) is 38.1 Å². The summed E-state index contributed by atoms with van der Waals surface area (Å²) >= 11 is 0. The van der Waals surface area contributed by atoms with E-state index in [4.69, 9.17) is 0 Å². The molecule has 0 saturated carbocycles. The van der Waals surface area contributed by atoms with E-state index in [-0.39, 0.29) is 5.54 Å². The lowest BCUT2D eigenvalue weighted by Crippen LogP contribution is -2.39. The number of halogens is 2. The third-order valence-corrected chi connectivity index (χ3v) is 3.72. The van der Waals surface area contributed by atoms with E-state index in [0.717, 1.165) is 19.4 Å². The van der Waals surface area contributed by atoms with E-state index in [1.54, 1.807) is 0 Å². The van der Waals surface area contributed by atoms with Gasteiger partial charge in [-0.2, -0.15) is 8.78 Å². The Hall–Kier alpha value is -0.440. The third kappa shape index (κ3) is 1.94. The zero-order chi connectivity index (χ0) is 11.1. The van der Waals surface area contributed by atoms with Crippen molar-refractivity contribution in [2.24, 2.45) is 5.92 Å². The van der Waals surface area contributed by atoms with E-state index in [0.29, 0.717) is 24.5 Å². The molecular weight excluding hydrogens is 196 g/mol. The Bertz CT molecular complexity index is 281. The molecule has 2 fully saturated rings. The first-order chi connectivity index (χ1) is 7.03. The van der Waals surface area contributed by atoms with Crippen LogP contribution >= 0.6 is 0 Å². The zero-order valence-electron chi connectivity index (χ0n) is 9.52. The van der Waals surface area contributed by atoms with Gasteiger partial charge in [0, 0.05) is 17.7 Å². The van der Waals surface area contributed by atoms with E-state index in [1.807, 2.05) is 0 Å². The van der Waals surface area contributed by atoms with Gasteiger partial charge in [0.1, 0.15) is 0 Å². The van der Waals surface area contributed by atoms with Crippen LogP contribution in [-0.2, 0) is 0 Å². The van der Waals surface area contributed by atoms with E-state index < -0.39 is 6.08 Å². The van der Waals surface area contributed by atoms with Crippen molar-refractivity contribution < 1.29 is 8.78 Å². The summed E-state index contributed by atoms with van der Waals surface area (Å²) in [6.45, 7) is 5.87. The first kappa shape index (κ1) is 11.1. The highest BCUT2D eigenvalue weighted by Crippen LogP contribution is 2.46. The fourth-order valence-corrected chi connectivity index (χ4v) is 3.31. The van der Waals surface area contributed by atoms with Crippen molar-refractivity contribution in [2.75, 3.05) is 13.1 Å². The molecule has 0 bridgehead atoms. The predicted molar refractivity (Wildman–Crippen MR) is 56.9 cm³/mol. The van der Waals surface area contributed by atoms with Crippen LogP contribution in [0.15, 0.2) is 11.7 Å². The Morgan fingerprint density at radius 2 is 2.20 bits per heavy atom. The summed E-state index contributed by atoms with van der Waals surface area (Å²) in [5.41, 5.74) is 0.461. The molecule has 2 heterocycles. The molecule has 86 valence electrons. The molecule has 2 aliphatic heterocycles. The lowest BCUT2D eigenvalue weighted by Gasteiger charge is -2.33. The van der Waals surface area contributed by atoms with Gasteiger partial charge in [0.25, 0.3) is 6.08 Å². The van der Waals surface area contributed by atoms with Crippen molar-refractivity contribution in [3.05, 3.63) is 11.7 Å². The van der Waals surface area contributed by atoms with Gasteiger partial charge in [0.05, 0.1) is 0 Å². The summed E-state index contributed by atoms with van der Waals surface area (Å²) in [6.07, 6.45) is 2.50. The monoisotopic (exact) mass is 215 g/mol. The van der Waals surface area contributed by atoms with Gasteiger partial charge < -0.3 is 0 Å². The van der Waals surface area contributed by atoms with E-state index >= 15 is 0 Å². The number of nitrogens with zero attached hydrogens (tertiary/aromatic N) is 1. The molecular formula is C12H19F2N. The SMILES string of the molecule is CC(C)CC12CCCN1CC(=C(F)F)C2. The van der Waals surface area contributed by atoms with Gasteiger partial charge >= 0.3 is 0 Å². The number of hydrogen-bond acceptors (Lipinski definition) is 1. The van der Waals surface area contributed by atoms with Crippen molar-refractivity contribution in [1.82, 2.24) is 4.90 Å². The normalized spacial score (nSPS) is 31.4. The van der Waals surface area contributed by atoms with Crippen molar-refractivity contribution >= 4 is 0 Å². The average molecular weight is 215 g/mol. The molecule has 1 nitrogen and oxygen atoms in total. The molecule has 0 aromatic carbocycles. The molecule has 2 rings (SSSR count). The highest BCUT2D eigenvalue weighted by atomic mass is 19.3. The van der Waals surface area contributed by atoms with Gasteiger partial charge in [0.2, 0.25) is 0 Å². The van der Waals surface area contributed by atoms with Crippen molar-refractivity contribution in [3.8, 4) is 0 Å². The molecule has 0 radical (unpaired) electrons. The molecule has 0 amide bonds. The predicted octanol–water partition coefficient (Wildman–Crippen LogP) is 3.42. The van der Waals surface area contributed by atoms with Crippen LogP contribution in [0, 0.1) is 5.92 Å². The second-order valence-electron chi connectivity index (χ2n) is 5.39. The van der Waals surface area contributed by atoms with Gasteiger partial charge in [-0.15, -0.1) is 0 Å². The Balaban J connectivity index is 2.19.